The second-order valence-corrected chi connectivity index (χ2v) is 5.05. The van der Waals surface area contributed by atoms with Gasteiger partial charge >= 0.3 is 0 Å². The molecule has 2 fully saturated rings. The third kappa shape index (κ3) is 3.25. The van der Waals surface area contributed by atoms with Crippen molar-refractivity contribution in [2.24, 2.45) is 5.92 Å². The monoisotopic (exact) mass is 196 g/mol. The minimum absolute atomic E-state index is 0.851. The number of nitrogens with one attached hydrogen (secondary N) is 1. The molecule has 0 spiro atoms. The molecule has 2 nitrogen and oxygen atoms in total. The van der Waals surface area contributed by atoms with Crippen LogP contribution in [0.1, 0.15) is 38.5 Å². The molecule has 1 aliphatic heterocycles. The van der Waals surface area contributed by atoms with Gasteiger partial charge in [0.05, 0.1) is 0 Å². The summed E-state index contributed by atoms with van der Waals surface area (Å²) < 4.78 is 0. The van der Waals surface area contributed by atoms with Gasteiger partial charge < -0.3 is 10.2 Å². The van der Waals surface area contributed by atoms with Crippen molar-refractivity contribution >= 4 is 0 Å². The van der Waals surface area contributed by atoms with Crippen molar-refractivity contribution in [3.05, 3.63) is 0 Å². The summed E-state index contributed by atoms with van der Waals surface area (Å²) in [6, 6.07) is 0.851. The highest BCUT2D eigenvalue weighted by Gasteiger charge is 2.23. The summed E-state index contributed by atoms with van der Waals surface area (Å²) in [5.41, 5.74) is 0. The van der Waals surface area contributed by atoms with Gasteiger partial charge in [0.1, 0.15) is 0 Å². The Labute approximate surface area is 88.1 Å². The Balaban J connectivity index is 1.67. The zero-order chi connectivity index (χ0) is 9.80. The Morgan fingerprint density at radius 3 is 2.79 bits per heavy atom. The summed E-state index contributed by atoms with van der Waals surface area (Å²) >= 11 is 0. The molecule has 1 saturated heterocycles. The van der Waals surface area contributed by atoms with Gasteiger partial charge in [-0.3, -0.25) is 0 Å². The van der Waals surface area contributed by atoms with Crippen molar-refractivity contribution in [3.63, 3.8) is 0 Å². The molecule has 1 heterocycles. The van der Waals surface area contributed by atoms with E-state index in [2.05, 4.69) is 17.3 Å². The molecular weight excluding hydrogens is 172 g/mol. The molecule has 0 amide bonds. The first kappa shape index (κ1) is 10.4. The summed E-state index contributed by atoms with van der Waals surface area (Å²) in [6.45, 7) is 3.78. The molecule has 1 saturated carbocycles. The Morgan fingerprint density at radius 1 is 1.14 bits per heavy atom. The van der Waals surface area contributed by atoms with Crippen LogP contribution in [0.2, 0.25) is 0 Å². The fraction of sp³-hybridized carbons (Fsp3) is 1.00. The van der Waals surface area contributed by atoms with Crippen LogP contribution in [0.5, 0.6) is 0 Å². The van der Waals surface area contributed by atoms with Crippen LogP contribution in [0.25, 0.3) is 0 Å². The van der Waals surface area contributed by atoms with E-state index < -0.39 is 0 Å². The van der Waals surface area contributed by atoms with Crippen LogP contribution in [-0.4, -0.2) is 37.6 Å². The molecule has 2 rings (SSSR count). The highest BCUT2D eigenvalue weighted by Crippen LogP contribution is 2.32. The highest BCUT2D eigenvalue weighted by atomic mass is 15.1. The van der Waals surface area contributed by atoms with Crippen molar-refractivity contribution < 1.29 is 0 Å². The largest absolute Gasteiger partial charge is 0.317 e. The second kappa shape index (κ2) is 5.13. The normalized spacial score (nSPS) is 29.1. The fourth-order valence-corrected chi connectivity index (χ4v) is 2.42. The number of rotatable bonds is 4. The summed E-state index contributed by atoms with van der Waals surface area (Å²) in [5.74, 6) is 1.08. The fourth-order valence-electron chi connectivity index (χ4n) is 2.42. The van der Waals surface area contributed by atoms with Gasteiger partial charge in [0.15, 0.2) is 0 Å². The number of nitrogens with zero attached hydrogens (tertiary/aromatic N) is 1. The van der Waals surface area contributed by atoms with E-state index in [1.54, 1.807) is 0 Å². The summed E-state index contributed by atoms with van der Waals surface area (Å²) in [7, 11) is 2.32. The molecule has 1 aliphatic carbocycles. The molecule has 0 aromatic rings. The van der Waals surface area contributed by atoms with Gasteiger partial charge in [-0.15, -0.1) is 0 Å². The zero-order valence-corrected chi connectivity index (χ0v) is 9.47. The minimum atomic E-state index is 0.851. The second-order valence-electron chi connectivity index (χ2n) is 5.05. The lowest BCUT2D eigenvalue weighted by Crippen LogP contribution is -2.33. The first-order valence-corrected chi connectivity index (χ1v) is 6.27. The molecule has 0 bridgehead atoms. The average Bonchev–Trinajstić information content (AvgIpc) is 3.01. The van der Waals surface area contributed by atoms with Crippen molar-refractivity contribution in [3.8, 4) is 0 Å². The average molecular weight is 196 g/mol. The maximum atomic E-state index is 3.48. The van der Waals surface area contributed by atoms with E-state index in [-0.39, 0.29) is 0 Å². The van der Waals surface area contributed by atoms with Crippen molar-refractivity contribution in [1.82, 2.24) is 10.2 Å². The van der Waals surface area contributed by atoms with E-state index in [0.717, 1.165) is 12.0 Å². The summed E-state index contributed by atoms with van der Waals surface area (Å²) in [5, 5.41) is 3.48. The SMILES string of the molecule is CN(CCC1CC1)C1CCCNCC1. The van der Waals surface area contributed by atoms with Gasteiger partial charge in [-0.1, -0.05) is 12.8 Å². The Hall–Kier alpha value is -0.0800. The Morgan fingerprint density at radius 2 is 2.00 bits per heavy atom. The quantitative estimate of drug-likeness (QED) is 0.738. The van der Waals surface area contributed by atoms with Gasteiger partial charge in [0, 0.05) is 6.04 Å². The van der Waals surface area contributed by atoms with E-state index in [0.29, 0.717) is 0 Å². The predicted octanol–water partition coefficient (Wildman–Crippen LogP) is 1.86. The van der Waals surface area contributed by atoms with E-state index in [1.165, 1.54) is 58.2 Å². The summed E-state index contributed by atoms with van der Waals surface area (Å²) in [4.78, 5) is 2.60. The van der Waals surface area contributed by atoms with Crippen molar-refractivity contribution in [1.29, 1.82) is 0 Å². The van der Waals surface area contributed by atoms with Crippen LogP contribution in [0.15, 0.2) is 0 Å². The lowest BCUT2D eigenvalue weighted by Gasteiger charge is -2.26. The van der Waals surface area contributed by atoms with Crippen molar-refractivity contribution in [2.45, 2.75) is 44.6 Å². The molecule has 1 N–H and O–H groups in total. The standard InChI is InChI=1S/C12H24N2/c1-14(10-7-11-4-5-11)12-3-2-8-13-9-6-12/h11-13H,2-10H2,1H3. The van der Waals surface area contributed by atoms with Crippen molar-refractivity contribution in [2.75, 3.05) is 26.7 Å². The van der Waals surface area contributed by atoms with Crippen LogP contribution in [0, 0.1) is 5.92 Å². The molecule has 0 radical (unpaired) electrons. The molecule has 2 aliphatic rings. The van der Waals surface area contributed by atoms with Crippen LogP contribution < -0.4 is 5.32 Å². The molecule has 82 valence electrons. The maximum Gasteiger partial charge on any atom is 0.0105 e. The van der Waals surface area contributed by atoms with Gasteiger partial charge in [0.25, 0.3) is 0 Å². The summed E-state index contributed by atoms with van der Waals surface area (Å²) in [6.07, 6.45) is 8.55. The lowest BCUT2D eigenvalue weighted by atomic mass is 10.1. The molecular formula is C12H24N2. The molecule has 2 heteroatoms. The van der Waals surface area contributed by atoms with Crippen LogP contribution >= 0.6 is 0 Å². The Bertz CT molecular complexity index is 158. The maximum absolute atomic E-state index is 3.48. The molecule has 1 atom stereocenters. The highest BCUT2D eigenvalue weighted by molar-refractivity contribution is 4.78. The van der Waals surface area contributed by atoms with Gasteiger partial charge in [0.2, 0.25) is 0 Å². The molecule has 0 aromatic heterocycles. The first-order chi connectivity index (χ1) is 6.86. The van der Waals surface area contributed by atoms with Gasteiger partial charge in [-0.25, -0.2) is 0 Å². The van der Waals surface area contributed by atoms with E-state index in [4.69, 9.17) is 0 Å². The van der Waals surface area contributed by atoms with Gasteiger partial charge in [-0.05, 0) is 58.3 Å². The third-order valence-electron chi connectivity index (χ3n) is 3.76. The molecule has 1 unspecified atom stereocenters. The van der Waals surface area contributed by atoms with E-state index in [1.807, 2.05) is 0 Å². The Kier molecular flexibility index (Phi) is 3.82. The van der Waals surface area contributed by atoms with Crippen LogP contribution in [0.3, 0.4) is 0 Å². The van der Waals surface area contributed by atoms with Gasteiger partial charge in [-0.2, -0.15) is 0 Å². The third-order valence-corrected chi connectivity index (χ3v) is 3.76. The first-order valence-electron chi connectivity index (χ1n) is 6.27. The zero-order valence-electron chi connectivity index (χ0n) is 9.47. The molecule has 14 heavy (non-hydrogen) atoms. The van der Waals surface area contributed by atoms with Crippen LogP contribution in [0.4, 0.5) is 0 Å². The molecule has 0 aromatic carbocycles. The van der Waals surface area contributed by atoms with Crippen LogP contribution in [-0.2, 0) is 0 Å². The number of hydrogen-bond donors (Lipinski definition) is 1. The lowest BCUT2D eigenvalue weighted by molar-refractivity contribution is 0.218. The predicted molar refractivity (Wildman–Crippen MR) is 60.5 cm³/mol. The van der Waals surface area contributed by atoms with E-state index >= 15 is 0 Å². The van der Waals surface area contributed by atoms with E-state index in [9.17, 15) is 0 Å². The number of hydrogen-bond acceptors (Lipinski definition) is 2. The smallest absolute Gasteiger partial charge is 0.0105 e. The minimum Gasteiger partial charge on any atom is -0.317 e. The topological polar surface area (TPSA) is 15.3 Å².